The number of aromatic amines is 1. The normalized spacial score (nSPS) is 10.2. The first-order valence-electron chi connectivity index (χ1n) is 6.90. The fourth-order valence-electron chi connectivity index (χ4n) is 1.99. The predicted molar refractivity (Wildman–Crippen MR) is 88.8 cm³/mol. The number of hydrogen-bond acceptors (Lipinski definition) is 5. The van der Waals surface area contributed by atoms with Crippen LogP contribution in [-0.4, -0.2) is 15.0 Å². The van der Waals surface area contributed by atoms with Crippen LogP contribution in [0.4, 0.5) is 0 Å². The molecule has 0 aliphatic rings. The Morgan fingerprint density at radius 1 is 1.04 bits per heavy atom. The van der Waals surface area contributed by atoms with Gasteiger partial charge in [-0.05, 0) is 17.7 Å². The van der Waals surface area contributed by atoms with Crippen LogP contribution in [0, 0.1) is 11.3 Å². The highest BCUT2D eigenvalue weighted by Crippen LogP contribution is 2.20. The summed E-state index contributed by atoms with van der Waals surface area (Å²) >= 11 is 1.38. The van der Waals surface area contributed by atoms with Gasteiger partial charge in [-0.15, -0.1) is 0 Å². The maximum atomic E-state index is 11.7. The van der Waals surface area contributed by atoms with E-state index in [1.54, 1.807) is 12.1 Å². The molecule has 0 amide bonds. The lowest BCUT2D eigenvalue weighted by Gasteiger charge is -2.04. The Bertz CT molecular complexity index is 898. The zero-order chi connectivity index (χ0) is 16.1. The number of H-pyrrole nitrogens is 1. The lowest BCUT2D eigenvalue weighted by Crippen LogP contribution is -2.14. The molecule has 5 nitrogen and oxygen atoms in total. The summed E-state index contributed by atoms with van der Waals surface area (Å²) in [6.45, 7) is 0. The average Bonchev–Trinajstić information content (AvgIpc) is 2.61. The molecule has 112 valence electrons. The monoisotopic (exact) mass is 320 g/mol. The third-order valence-corrected chi connectivity index (χ3v) is 4.05. The summed E-state index contributed by atoms with van der Waals surface area (Å²) in [5.74, 6) is 1.14. The van der Waals surface area contributed by atoms with Crippen molar-refractivity contribution in [1.82, 2.24) is 15.0 Å². The van der Waals surface area contributed by atoms with E-state index >= 15 is 0 Å². The summed E-state index contributed by atoms with van der Waals surface area (Å²) in [5, 5.41) is 9.22. The van der Waals surface area contributed by atoms with E-state index in [-0.39, 0.29) is 0 Å². The molecule has 3 rings (SSSR count). The molecule has 0 spiro atoms. The number of benzene rings is 2. The minimum Gasteiger partial charge on any atom is -0.290 e. The maximum absolute atomic E-state index is 11.7. The number of thioether (sulfide) groups is 1. The van der Waals surface area contributed by atoms with E-state index in [2.05, 4.69) is 21.0 Å². The average molecular weight is 320 g/mol. The first-order chi connectivity index (χ1) is 11.2. The van der Waals surface area contributed by atoms with Crippen LogP contribution in [0.25, 0.3) is 11.4 Å². The molecule has 0 saturated heterocycles. The van der Waals surface area contributed by atoms with E-state index in [1.165, 1.54) is 11.8 Å². The van der Waals surface area contributed by atoms with E-state index in [0.717, 1.165) is 11.1 Å². The van der Waals surface area contributed by atoms with Crippen LogP contribution in [0.2, 0.25) is 0 Å². The van der Waals surface area contributed by atoms with Crippen molar-refractivity contribution in [3.63, 3.8) is 0 Å². The van der Waals surface area contributed by atoms with Crippen molar-refractivity contribution in [2.45, 2.75) is 10.9 Å². The highest BCUT2D eigenvalue weighted by atomic mass is 32.2. The minimum absolute atomic E-state index is 0.416. The van der Waals surface area contributed by atoms with Crippen LogP contribution >= 0.6 is 11.8 Å². The second kappa shape index (κ2) is 6.90. The third kappa shape index (κ3) is 3.84. The van der Waals surface area contributed by atoms with Crippen molar-refractivity contribution in [1.29, 1.82) is 5.26 Å². The first kappa shape index (κ1) is 15.0. The molecule has 6 heteroatoms. The van der Waals surface area contributed by atoms with Gasteiger partial charge in [-0.2, -0.15) is 10.2 Å². The van der Waals surface area contributed by atoms with Gasteiger partial charge in [-0.1, -0.05) is 54.2 Å². The van der Waals surface area contributed by atoms with Crippen molar-refractivity contribution < 1.29 is 0 Å². The Morgan fingerprint density at radius 3 is 2.48 bits per heavy atom. The summed E-state index contributed by atoms with van der Waals surface area (Å²) in [6, 6.07) is 18.8. The van der Waals surface area contributed by atoms with Crippen molar-refractivity contribution >= 4 is 11.8 Å². The molecule has 0 aliphatic carbocycles. The van der Waals surface area contributed by atoms with Gasteiger partial charge in [0.15, 0.2) is 5.16 Å². The van der Waals surface area contributed by atoms with Gasteiger partial charge in [-0.3, -0.25) is 4.98 Å². The SMILES string of the molecule is N#Cc1ccc(CSc2nc(-c3ccccc3)[nH]c(=O)n2)cc1. The van der Waals surface area contributed by atoms with Crippen LogP contribution in [0.5, 0.6) is 0 Å². The van der Waals surface area contributed by atoms with Gasteiger partial charge in [0.1, 0.15) is 5.82 Å². The van der Waals surface area contributed by atoms with Gasteiger partial charge in [0, 0.05) is 11.3 Å². The molecule has 2 aromatic carbocycles. The molecule has 1 N–H and O–H groups in total. The fraction of sp³-hybridized carbons (Fsp3) is 0.0588. The van der Waals surface area contributed by atoms with E-state index in [1.807, 2.05) is 42.5 Å². The largest absolute Gasteiger partial charge is 0.349 e. The van der Waals surface area contributed by atoms with Crippen LogP contribution in [0.15, 0.2) is 64.5 Å². The van der Waals surface area contributed by atoms with E-state index < -0.39 is 5.69 Å². The van der Waals surface area contributed by atoms with Gasteiger partial charge in [0.05, 0.1) is 11.6 Å². The second-order valence-corrected chi connectivity index (χ2v) is 5.69. The summed E-state index contributed by atoms with van der Waals surface area (Å²) in [5.41, 5.74) is 2.09. The highest BCUT2D eigenvalue weighted by Gasteiger charge is 2.06. The molecule has 0 radical (unpaired) electrons. The standard InChI is InChI=1S/C17H12N4OS/c18-10-12-6-8-13(9-7-12)11-23-17-20-15(19-16(22)21-17)14-4-2-1-3-5-14/h1-9H,11H2,(H,19,20,21,22). The number of aromatic nitrogens is 3. The quantitative estimate of drug-likeness (QED) is 0.747. The van der Waals surface area contributed by atoms with Gasteiger partial charge in [0.25, 0.3) is 0 Å². The summed E-state index contributed by atoms with van der Waals surface area (Å²) in [7, 11) is 0. The molecule has 0 atom stereocenters. The molecule has 23 heavy (non-hydrogen) atoms. The van der Waals surface area contributed by atoms with Gasteiger partial charge < -0.3 is 0 Å². The minimum atomic E-state index is -0.416. The van der Waals surface area contributed by atoms with Crippen molar-refractivity contribution in [2.75, 3.05) is 0 Å². The van der Waals surface area contributed by atoms with E-state index in [0.29, 0.717) is 22.3 Å². The Kier molecular flexibility index (Phi) is 4.50. The van der Waals surface area contributed by atoms with Crippen LogP contribution in [-0.2, 0) is 5.75 Å². The van der Waals surface area contributed by atoms with Crippen molar-refractivity contribution in [3.05, 3.63) is 76.2 Å². The molecule has 1 aromatic heterocycles. The highest BCUT2D eigenvalue weighted by molar-refractivity contribution is 7.98. The molecule has 0 fully saturated rings. The number of nitrogens with one attached hydrogen (secondary N) is 1. The lowest BCUT2D eigenvalue weighted by atomic mass is 10.2. The third-order valence-electron chi connectivity index (χ3n) is 3.13. The Morgan fingerprint density at radius 2 is 1.78 bits per heavy atom. The number of nitriles is 1. The molecule has 0 unspecified atom stereocenters. The number of rotatable bonds is 4. The van der Waals surface area contributed by atoms with Crippen LogP contribution in [0.1, 0.15) is 11.1 Å². The van der Waals surface area contributed by atoms with E-state index in [9.17, 15) is 4.79 Å². The Hall–Kier alpha value is -2.91. The van der Waals surface area contributed by atoms with Gasteiger partial charge >= 0.3 is 5.69 Å². The molecule has 3 aromatic rings. The summed E-state index contributed by atoms with van der Waals surface area (Å²) in [4.78, 5) is 22.7. The lowest BCUT2D eigenvalue weighted by molar-refractivity contribution is 0.870. The zero-order valence-electron chi connectivity index (χ0n) is 12.1. The molecular weight excluding hydrogens is 308 g/mol. The van der Waals surface area contributed by atoms with Gasteiger partial charge in [-0.25, -0.2) is 9.78 Å². The van der Waals surface area contributed by atoms with Crippen LogP contribution < -0.4 is 5.69 Å². The summed E-state index contributed by atoms with van der Waals surface area (Å²) < 4.78 is 0. The Balaban J connectivity index is 1.79. The molecule has 1 heterocycles. The molecule has 0 saturated carbocycles. The summed E-state index contributed by atoms with van der Waals surface area (Å²) in [6.07, 6.45) is 0. The van der Waals surface area contributed by atoms with Crippen LogP contribution in [0.3, 0.4) is 0 Å². The van der Waals surface area contributed by atoms with Gasteiger partial charge in [0.2, 0.25) is 0 Å². The second-order valence-electron chi connectivity index (χ2n) is 4.75. The molecule has 0 bridgehead atoms. The fourth-order valence-corrected chi connectivity index (χ4v) is 2.78. The maximum Gasteiger partial charge on any atom is 0.349 e. The molecule has 0 aliphatic heterocycles. The van der Waals surface area contributed by atoms with Crippen molar-refractivity contribution in [2.24, 2.45) is 0 Å². The number of nitrogens with zero attached hydrogens (tertiary/aromatic N) is 3. The van der Waals surface area contributed by atoms with Crippen molar-refractivity contribution in [3.8, 4) is 17.5 Å². The Labute approximate surface area is 137 Å². The number of hydrogen-bond donors (Lipinski definition) is 1. The zero-order valence-corrected chi connectivity index (χ0v) is 12.9. The predicted octanol–water partition coefficient (Wildman–Crippen LogP) is 3.00. The molecular formula is C17H12N4OS. The topological polar surface area (TPSA) is 82.4 Å². The smallest absolute Gasteiger partial charge is 0.290 e. The first-order valence-corrected chi connectivity index (χ1v) is 7.89. The van der Waals surface area contributed by atoms with E-state index in [4.69, 9.17) is 5.26 Å².